The molecule has 2 rings (SSSR count). The molecule has 1 aromatic heterocycles. The van der Waals surface area contributed by atoms with Crippen LogP contribution in [0.1, 0.15) is 25.8 Å². The molecule has 1 aromatic carbocycles. The molecule has 0 aliphatic rings. The van der Waals surface area contributed by atoms with Crippen LogP contribution in [0.25, 0.3) is 10.8 Å². The molecule has 0 spiro atoms. The zero-order chi connectivity index (χ0) is 12.1. The van der Waals surface area contributed by atoms with Crippen LogP contribution in [0.3, 0.4) is 0 Å². The molecule has 0 atom stereocenters. The minimum Gasteiger partial charge on any atom is -0.313 e. The maximum atomic E-state index is 4.15. The van der Waals surface area contributed by atoms with Crippen LogP contribution in [0.15, 0.2) is 36.7 Å². The van der Waals surface area contributed by atoms with E-state index in [1.165, 1.54) is 22.8 Å². The molecule has 1 heterocycles. The molecule has 90 valence electrons. The zero-order valence-corrected chi connectivity index (χ0v) is 10.6. The highest BCUT2D eigenvalue weighted by Gasteiger charge is 2.00. The number of fused-ring (bicyclic) bond motifs is 1. The van der Waals surface area contributed by atoms with Crippen LogP contribution in [-0.2, 0) is 6.54 Å². The molecule has 2 heteroatoms. The van der Waals surface area contributed by atoms with Gasteiger partial charge in [0.25, 0.3) is 0 Å². The van der Waals surface area contributed by atoms with Crippen molar-refractivity contribution < 1.29 is 0 Å². The molecule has 0 amide bonds. The second-order valence-corrected chi connectivity index (χ2v) is 4.87. The SMILES string of the molecule is CC(C)CCNCc1cccc2cnccc12. The average molecular weight is 228 g/mol. The third kappa shape index (κ3) is 3.27. The Morgan fingerprint density at radius 3 is 2.94 bits per heavy atom. The summed E-state index contributed by atoms with van der Waals surface area (Å²) >= 11 is 0. The Kier molecular flexibility index (Phi) is 4.10. The van der Waals surface area contributed by atoms with Gasteiger partial charge in [-0.25, -0.2) is 0 Å². The molecule has 0 bridgehead atoms. The highest BCUT2D eigenvalue weighted by atomic mass is 14.8. The molecule has 17 heavy (non-hydrogen) atoms. The predicted octanol–water partition coefficient (Wildman–Crippen LogP) is 3.37. The lowest BCUT2D eigenvalue weighted by Gasteiger charge is -2.09. The number of aromatic nitrogens is 1. The molecule has 2 nitrogen and oxygen atoms in total. The number of rotatable bonds is 5. The van der Waals surface area contributed by atoms with Crippen molar-refractivity contribution in [2.75, 3.05) is 6.54 Å². The highest BCUT2D eigenvalue weighted by molar-refractivity contribution is 5.84. The quantitative estimate of drug-likeness (QED) is 0.794. The first-order valence-electron chi connectivity index (χ1n) is 6.29. The largest absolute Gasteiger partial charge is 0.313 e. The zero-order valence-electron chi connectivity index (χ0n) is 10.6. The standard InChI is InChI=1S/C15H20N2/c1-12(2)6-8-16-10-13-4-3-5-14-11-17-9-7-15(13)14/h3-5,7,9,11-12,16H,6,8,10H2,1-2H3. The van der Waals surface area contributed by atoms with Gasteiger partial charge in [-0.2, -0.15) is 0 Å². The first-order valence-corrected chi connectivity index (χ1v) is 6.29. The monoisotopic (exact) mass is 228 g/mol. The van der Waals surface area contributed by atoms with Gasteiger partial charge in [-0.05, 0) is 35.9 Å². The lowest BCUT2D eigenvalue weighted by molar-refractivity contribution is 0.538. The Morgan fingerprint density at radius 1 is 1.24 bits per heavy atom. The van der Waals surface area contributed by atoms with Crippen molar-refractivity contribution in [1.29, 1.82) is 0 Å². The van der Waals surface area contributed by atoms with E-state index in [0.29, 0.717) is 0 Å². The fraction of sp³-hybridized carbons (Fsp3) is 0.400. The lowest BCUT2D eigenvalue weighted by atomic mass is 10.1. The second kappa shape index (κ2) is 5.78. The first kappa shape index (κ1) is 12.1. The summed E-state index contributed by atoms with van der Waals surface area (Å²) in [5.74, 6) is 0.763. The summed E-state index contributed by atoms with van der Waals surface area (Å²) in [6.45, 7) is 6.53. The number of nitrogens with one attached hydrogen (secondary N) is 1. The Labute approximate surface area is 103 Å². The molecule has 0 aliphatic heterocycles. The van der Waals surface area contributed by atoms with Gasteiger partial charge < -0.3 is 5.32 Å². The van der Waals surface area contributed by atoms with Gasteiger partial charge in [0.1, 0.15) is 0 Å². The smallest absolute Gasteiger partial charge is 0.0346 e. The minimum atomic E-state index is 0.763. The number of nitrogens with zero attached hydrogens (tertiary/aromatic N) is 1. The lowest BCUT2D eigenvalue weighted by Crippen LogP contribution is -2.16. The third-order valence-electron chi connectivity index (χ3n) is 2.98. The van der Waals surface area contributed by atoms with Crippen LogP contribution in [0.5, 0.6) is 0 Å². The normalized spacial score (nSPS) is 11.2. The van der Waals surface area contributed by atoms with E-state index in [9.17, 15) is 0 Å². The highest BCUT2D eigenvalue weighted by Crippen LogP contribution is 2.17. The average Bonchev–Trinajstić information content (AvgIpc) is 2.34. The molecule has 1 N–H and O–H groups in total. The third-order valence-corrected chi connectivity index (χ3v) is 2.98. The summed E-state index contributed by atoms with van der Waals surface area (Å²) in [5, 5.41) is 6.03. The van der Waals surface area contributed by atoms with Gasteiger partial charge in [0.15, 0.2) is 0 Å². The fourth-order valence-corrected chi connectivity index (χ4v) is 1.96. The molecule has 0 saturated carbocycles. The Morgan fingerprint density at radius 2 is 2.12 bits per heavy atom. The van der Waals surface area contributed by atoms with E-state index in [4.69, 9.17) is 0 Å². The Hall–Kier alpha value is -1.41. The Bertz CT molecular complexity index is 472. The second-order valence-electron chi connectivity index (χ2n) is 4.87. The van der Waals surface area contributed by atoms with Crippen molar-refractivity contribution in [3.05, 3.63) is 42.2 Å². The summed E-state index contributed by atoms with van der Waals surface area (Å²) in [7, 11) is 0. The molecule has 0 aliphatic carbocycles. The first-order chi connectivity index (χ1) is 8.27. The van der Waals surface area contributed by atoms with E-state index in [2.05, 4.69) is 48.4 Å². The number of hydrogen-bond donors (Lipinski definition) is 1. The molecule has 0 fully saturated rings. The molecule has 0 unspecified atom stereocenters. The summed E-state index contributed by atoms with van der Waals surface area (Å²) in [5.41, 5.74) is 1.36. The van der Waals surface area contributed by atoms with Gasteiger partial charge in [-0.3, -0.25) is 4.98 Å². The van der Waals surface area contributed by atoms with Gasteiger partial charge in [0, 0.05) is 24.3 Å². The molecule has 2 aromatic rings. The van der Waals surface area contributed by atoms with E-state index < -0.39 is 0 Å². The van der Waals surface area contributed by atoms with Crippen molar-refractivity contribution in [3.8, 4) is 0 Å². The van der Waals surface area contributed by atoms with Crippen molar-refractivity contribution in [2.24, 2.45) is 5.92 Å². The molecular weight excluding hydrogens is 208 g/mol. The van der Waals surface area contributed by atoms with E-state index in [1.807, 2.05) is 12.4 Å². The summed E-state index contributed by atoms with van der Waals surface area (Å²) < 4.78 is 0. The number of pyridine rings is 1. The van der Waals surface area contributed by atoms with Crippen molar-refractivity contribution in [2.45, 2.75) is 26.8 Å². The number of hydrogen-bond acceptors (Lipinski definition) is 2. The summed E-state index contributed by atoms with van der Waals surface area (Å²) in [6.07, 6.45) is 5.01. The van der Waals surface area contributed by atoms with Gasteiger partial charge in [0.2, 0.25) is 0 Å². The van der Waals surface area contributed by atoms with Crippen LogP contribution in [0, 0.1) is 5.92 Å². The summed E-state index contributed by atoms with van der Waals surface area (Å²) in [6, 6.07) is 8.49. The van der Waals surface area contributed by atoms with Crippen molar-refractivity contribution in [1.82, 2.24) is 10.3 Å². The van der Waals surface area contributed by atoms with Crippen molar-refractivity contribution >= 4 is 10.8 Å². The van der Waals surface area contributed by atoms with Gasteiger partial charge in [-0.15, -0.1) is 0 Å². The van der Waals surface area contributed by atoms with E-state index in [-0.39, 0.29) is 0 Å². The van der Waals surface area contributed by atoms with Crippen LogP contribution in [0.4, 0.5) is 0 Å². The van der Waals surface area contributed by atoms with Crippen LogP contribution in [0.2, 0.25) is 0 Å². The van der Waals surface area contributed by atoms with Gasteiger partial charge in [-0.1, -0.05) is 32.0 Å². The van der Waals surface area contributed by atoms with Crippen LogP contribution >= 0.6 is 0 Å². The Balaban J connectivity index is 2.03. The molecule has 0 radical (unpaired) electrons. The van der Waals surface area contributed by atoms with Crippen LogP contribution < -0.4 is 5.32 Å². The molecular formula is C15H20N2. The van der Waals surface area contributed by atoms with E-state index >= 15 is 0 Å². The fourth-order valence-electron chi connectivity index (χ4n) is 1.96. The predicted molar refractivity (Wildman–Crippen MR) is 72.9 cm³/mol. The van der Waals surface area contributed by atoms with Crippen LogP contribution in [-0.4, -0.2) is 11.5 Å². The summed E-state index contributed by atoms with van der Waals surface area (Å²) in [4.78, 5) is 4.15. The van der Waals surface area contributed by atoms with E-state index in [0.717, 1.165) is 19.0 Å². The van der Waals surface area contributed by atoms with Gasteiger partial charge >= 0.3 is 0 Å². The van der Waals surface area contributed by atoms with E-state index in [1.54, 1.807) is 0 Å². The van der Waals surface area contributed by atoms with Gasteiger partial charge in [0.05, 0.1) is 0 Å². The minimum absolute atomic E-state index is 0.763. The molecule has 0 saturated heterocycles. The number of benzene rings is 1. The maximum absolute atomic E-state index is 4.15. The van der Waals surface area contributed by atoms with Crippen molar-refractivity contribution in [3.63, 3.8) is 0 Å². The topological polar surface area (TPSA) is 24.9 Å². The maximum Gasteiger partial charge on any atom is 0.0346 e.